The quantitative estimate of drug-likeness (QED) is 0.229. The molecule has 0 bridgehead atoms. The van der Waals surface area contributed by atoms with Crippen molar-refractivity contribution in [3.63, 3.8) is 0 Å². The molecule has 0 aliphatic rings. The first-order chi connectivity index (χ1) is 14.1. The molecule has 1 heterocycles. The number of aromatic nitrogens is 2. The van der Waals surface area contributed by atoms with Gasteiger partial charge in [0, 0.05) is 26.9 Å². The predicted octanol–water partition coefficient (Wildman–Crippen LogP) is 5.65. The second-order valence-electron chi connectivity index (χ2n) is 6.22. The number of thiocarbonyl (C=S) groups is 1. The summed E-state index contributed by atoms with van der Waals surface area (Å²) >= 11 is 8.87. The zero-order valence-corrected chi connectivity index (χ0v) is 17.5. The Balaban J connectivity index is 1.56. The smallest absolute Gasteiger partial charge is 0.175 e. The van der Waals surface area contributed by atoms with Crippen molar-refractivity contribution in [3.8, 4) is 5.75 Å². The lowest BCUT2D eigenvalue weighted by atomic mass is 10.2. The average molecular weight is 466 g/mol. The van der Waals surface area contributed by atoms with Crippen LogP contribution in [0.5, 0.6) is 5.75 Å². The molecule has 0 saturated carbocycles. The van der Waals surface area contributed by atoms with Gasteiger partial charge in [-0.05, 0) is 72.9 Å². The molecule has 1 aromatic heterocycles. The number of fused-ring (bicyclic) bond motifs is 1. The van der Waals surface area contributed by atoms with Crippen LogP contribution in [0.3, 0.4) is 0 Å². The first-order valence-electron chi connectivity index (χ1n) is 8.71. The number of nitrogens with zero attached hydrogens (tertiary/aromatic N) is 2. The third-order valence-electron chi connectivity index (χ3n) is 4.11. The van der Waals surface area contributed by atoms with E-state index >= 15 is 0 Å². The van der Waals surface area contributed by atoms with E-state index in [0.717, 1.165) is 32.4 Å². The Bertz CT molecular complexity index is 1180. The highest BCUT2D eigenvalue weighted by molar-refractivity contribution is 9.10. The van der Waals surface area contributed by atoms with Gasteiger partial charge in [-0.25, -0.2) is 9.97 Å². The van der Waals surface area contributed by atoms with Crippen molar-refractivity contribution in [2.75, 3.05) is 16.0 Å². The topological polar surface area (TPSA) is 82.1 Å². The number of anilines is 4. The Morgan fingerprint density at radius 3 is 2.41 bits per heavy atom. The lowest BCUT2D eigenvalue weighted by Gasteiger charge is -2.13. The number of phenolic OH excluding ortho intramolecular Hbond substituents is 1. The summed E-state index contributed by atoms with van der Waals surface area (Å²) in [7, 11) is 0. The molecule has 4 aromatic rings. The summed E-state index contributed by atoms with van der Waals surface area (Å²) in [5.41, 5.74) is 3.32. The molecule has 144 valence electrons. The molecule has 0 amide bonds. The van der Waals surface area contributed by atoms with Crippen LogP contribution in [0.25, 0.3) is 10.9 Å². The number of phenols is 1. The van der Waals surface area contributed by atoms with Crippen molar-refractivity contribution in [1.29, 1.82) is 0 Å². The van der Waals surface area contributed by atoms with Gasteiger partial charge in [0.15, 0.2) is 5.11 Å². The van der Waals surface area contributed by atoms with Crippen LogP contribution in [-0.4, -0.2) is 20.2 Å². The minimum Gasteiger partial charge on any atom is -0.508 e. The second kappa shape index (κ2) is 8.42. The first-order valence-corrected chi connectivity index (χ1v) is 9.91. The summed E-state index contributed by atoms with van der Waals surface area (Å²) in [5.74, 6) is 0.906. The third-order valence-corrected chi connectivity index (χ3v) is 4.80. The molecule has 0 aliphatic heterocycles. The van der Waals surface area contributed by atoms with E-state index in [1.807, 2.05) is 42.5 Å². The molecule has 8 heteroatoms. The molecule has 3 aromatic carbocycles. The monoisotopic (exact) mass is 465 g/mol. The summed E-state index contributed by atoms with van der Waals surface area (Å²) in [6, 6.07) is 20.3. The van der Waals surface area contributed by atoms with E-state index in [9.17, 15) is 5.11 Å². The summed E-state index contributed by atoms with van der Waals surface area (Å²) < 4.78 is 0.980. The maximum Gasteiger partial charge on any atom is 0.175 e. The second-order valence-corrected chi connectivity index (χ2v) is 7.54. The van der Waals surface area contributed by atoms with E-state index in [0.29, 0.717) is 10.9 Å². The van der Waals surface area contributed by atoms with Crippen molar-refractivity contribution in [2.24, 2.45) is 0 Å². The fourth-order valence-corrected chi connectivity index (χ4v) is 3.41. The number of halogens is 1. The zero-order valence-electron chi connectivity index (χ0n) is 15.1. The van der Waals surface area contributed by atoms with E-state index in [-0.39, 0.29) is 5.75 Å². The molecule has 0 aliphatic carbocycles. The Kier molecular flexibility index (Phi) is 5.55. The van der Waals surface area contributed by atoms with Gasteiger partial charge in [0.25, 0.3) is 0 Å². The fourth-order valence-electron chi connectivity index (χ4n) is 2.78. The maximum absolute atomic E-state index is 9.38. The van der Waals surface area contributed by atoms with Crippen molar-refractivity contribution in [2.45, 2.75) is 0 Å². The van der Waals surface area contributed by atoms with Crippen molar-refractivity contribution < 1.29 is 5.11 Å². The summed E-state index contributed by atoms with van der Waals surface area (Å²) in [6.45, 7) is 0. The highest BCUT2D eigenvalue weighted by Gasteiger charge is 2.07. The summed E-state index contributed by atoms with van der Waals surface area (Å²) in [6.07, 6.45) is 1.53. The van der Waals surface area contributed by atoms with Gasteiger partial charge in [-0.15, -0.1) is 0 Å². The molecule has 0 atom stereocenters. The zero-order chi connectivity index (χ0) is 20.2. The van der Waals surface area contributed by atoms with Crippen LogP contribution in [0.2, 0.25) is 0 Å². The lowest BCUT2D eigenvalue weighted by molar-refractivity contribution is 0.475. The van der Waals surface area contributed by atoms with Crippen molar-refractivity contribution in [1.82, 2.24) is 9.97 Å². The number of nitrogens with one attached hydrogen (secondary N) is 3. The van der Waals surface area contributed by atoms with Crippen LogP contribution >= 0.6 is 28.1 Å². The highest BCUT2D eigenvalue weighted by Crippen LogP contribution is 2.27. The minimum atomic E-state index is 0.203. The Hall–Kier alpha value is -3.23. The van der Waals surface area contributed by atoms with Crippen LogP contribution in [-0.2, 0) is 0 Å². The lowest BCUT2D eigenvalue weighted by Crippen LogP contribution is -2.18. The highest BCUT2D eigenvalue weighted by atomic mass is 79.9. The van der Waals surface area contributed by atoms with Crippen molar-refractivity contribution >= 4 is 67.0 Å². The minimum absolute atomic E-state index is 0.203. The van der Waals surface area contributed by atoms with E-state index in [4.69, 9.17) is 12.2 Å². The number of hydrogen-bond donors (Lipinski definition) is 4. The number of hydrogen-bond acceptors (Lipinski definition) is 5. The number of aromatic hydroxyl groups is 1. The van der Waals surface area contributed by atoms with E-state index < -0.39 is 0 Å². The van der Waals surface area contributed by atoms with Crippen molar-refractivity contribution in [3.05, 3.63) is 77.5 Å². The van der Waals surface area contributed by atoms with Gasteiger partial charge in [0.1, 0.15) is 17.9 Å². The molecule has 4 rings (SSSR count). The SMILES string of the molecule is Oc1ccc(NC(=S)Nc2ccc3ncnc(Nc4cccc(Br)c4)c3c2)cc1. The molecular formula is C21H16BrN5OS. The molecule has 29 heavy (non-hydrogen) atoms. The summed E-state index contributed by atoms with van der Waals surface area (Å²) in [5, 5.41) is 20.3. The van der Waals surface area contributed by atoms with Gasteiger partial charge < -0.3 is 21.1 Å². The molecule has 0 saturated heterocycles. The normalized spacial score (nSPS) is 10.5. The Morgan fingerprint density at radius 1 is 0.862 bits per heavy atom. The molecule has 0 unspecified atom stereocenters. The van der Waals surface area contributed by atoms with E-state index in [2.05, 4.69) is 41.8 Å². The van der Waals surface area contributed by atoms with E-state index in [1.54, 1.807) is 24.3 Å². The Labute approximate surface area is 181 Å². The standard InChI is InChI=1S/C21H16BrN5OS/c22-13-2-1-3-15(10-13)25-20-18-11-16(6-9-19(18)23-12-24-20)27-21(29)26-14-4-7-17(28)8-5-14/h1-12,28H,(H,23,24,25)(H2,26,27,29). The van der Waals surface area contributed by atoms with Gasteiger partial charge in [0.2, 0.25) is 0 Å². The third kappa shape index (κ3) is 4.79. The van der Waals surface area contributed by atoms with Gasteiger partial charge in [-0.1, -0.05) is 22.0 Å². The largest absolute Gasteiger partial charge is 0.508 e. The molecular weight excluding hydrogens is 450 g/mol. The molecule has 0 radical (unpaired) electrons. The van der Waals surface area contributed by atoms with Gasteiger partial charge in [-0.2, -0.15) is 0 Å². The first kappa shape index (κ1) is 19.1. The molecule has 0 spiro atoms. The molecule has 6 nitrogen and oxygen atoms in total. The van der Waals surface area contributed by atoms with Crippen LogP contribution in [0, 0.1) is 0 Å². The molecule has 4 N–H and O–H groups in total. The van der Waals surface area contributed by atoms with Crippen LogP contribution < -0.4 is 16.0 Å². The van der Waals surface area contributed by atoms with Gasteiger partial charge >= 0.3 is 0 Å². The van der Waals surface area contributed by atoms with Crippen LogP contribution in [0.4, 0.5) is 22.9 Å². The van der Waals surface area contributed by atoms with Crippen LogP contribution in [0.1, 0.15) is 0 Å². The number of benzene rings is 3. The molecule has 0 fully saturated rings. The summed E-state index contributed by atoms with van der Waals surface area (Å²) in [4.78, 5) is 8.73. The fraction of sp³-hybridized carbons (Fsp3) is 0. The van der Waals surface area contributed by atoms with Crippen LogP contribution in [0.15, 0.2) is 77.5 Å². The van der Waals surface area contributed by atoms with Gasteiger partial charge in [0.05, 0.1) is 5.52 Å². The maximum atomic E-state index is 9.38. The average Bonchev–Trinajstić information content (AvgIpc) is 2.70. The predicted molar refractivity (Wildman–Crippen MR) is 125 cm³/mol. The van der Waals surface area contributed by atoms with E-state index in [1.165, 1.54) is 6.33 Å². The Morgan fingerprint density at radius 2 is 1.62 bits per heavy atom. The van der Waals surface area contributed by atoms with Gasteiger partial charge in [-0.3, -0.25) is 0 Å². The number of rotatable bonds is 4.